The minimum absolute atomic E-state index is 0.0506. The Morgan fingerprint density at radius 1 is 1.62 bits per heavy atom. The highest BCUT2D eigenvalue weighted by Crippen LogP contribution is 2.18. The fraction of sp³-hybridized carbons (Fsp3) is 0.375. The van der Waals surface area contributed by atoms with Crippen molar-refractivity contribution in [3.8, 4) is 0 Å². The zero-order valence-electron chi connectivity index (χ0n) is 7.57. The molecule has 0 spiro atoms. The molecule has 0 bridgehead atoms. The van der Waals surface area contributed by atoms with E-state index in [1.165, 1.54) is 6.07 Å². The largest absolute Gasteiger partial charge is 0.325 e. The lowest BCUT2D eigenvalue weighted by Crippen LogP contribution is -2.05. The van der Waals surface area contributed by atoms with Gasteiger partial charge in [-0.15, -0.1) is 0 Å². The highest BCUT2D eigenvalue weighted by Gasteiger charge is 2.13. The summed E-state index contributed by atoms with van der Waals surface area (Å²) in [7, 11) is 0. The first-order valence-electron chi connectivity index (χ1n) is 3.88. The van der Waals surface area contributed by atoms with E-state index in [1.807, 2.05) is 0 Å². The molecule has 13 heavy (non-hydrogen) atoms. The van der Waals surface area contributed by atoms with Gasteiger partial charge in [-0.1, -0.05) is 0 Å². The lowest BCUT2D eigenvalue weighted by Gasteiger charge is -2.03. The summed E-state index contributed by atoms with van der Waals surface area (Å²) in [6.07, 6.45) is 0. The van der Waals surface area contributed by atoms with Crippen molar-refractivity contribution in [1.29, 1.82) is 0 Å². The van der Waals surface area contributed by atoms with Crippen LogP contribution in [-0.4, -0.2) is 9.91 Å². The molecular weight excluding hydrogens is 170 g/mol. The minimum Gasteiger partial charge on any atom is -0.325 e. The number of hydrogen-bond donors (Lipinski definition) is 1. The molecule has 0 saturated carbocycles. The Hall–Kier alpha value is -1.49. The van der Waals surface area contributed by atoms with Crippen LogP contribution in [0, 0.1) is 24.0 Å². The van der Waals surface area contributed by atoms with Gasteiger partial charge in [0.2, 0.25) is 0 Å². The number of nitrogens with zero attached hydrogens (tertiary/aromatic N) is 2. The lowest BCUT2D eigenvalue weighted by molar-refractivity contribution is -0.385. The summed E-state index contributed by atoms with van der Waals surface area (Å²) in [5.41, 5.74) is 7.35. The zero-order valence-corrected chi connectivity index (χ0v) is 7.57. The van der Waals surface area contributed by atoms with E-state index in [-0.39, 0.29) is 5.69 Å². The van der Waals surface area contributed by atoms with Crippen molar-refractivity contribution < 1.29 is 4.92 Å². The third-order valence-corrected chi connectivity index (χ3v) is 1.87. The predicted octanol–water partition coefficient (Wildman–Crippen LogP) is 1.07. The smallest absolute Gasteiger partial charge is 0.290 e. The highest BCUT2D eigenvalue weighted by molar-refractivity contribution is 5.39. The third kappa shape index (κ3) is 1.81. The molecule has 0 atom stereocenters. The van der Waals surface area contributed by atoms with Crippen LogP contribution >= 0.6 is 0 Å². The molecule has 1 heterocycles. The van der Waals surface area contributed by atoms with Gasteiger partial charge in [0.25, 0.3) is 5.69 Å². The standard InChI is InChI=1S/C8H11N3O2/c1-5-3-8(11(12)13)6(2)10-7(5)4-9/h3H,4,9H2,1-2H3. The van der Waals surface area contributed by atoms with Crippen LogP contribution in [-0.2, 0) is 6.54 Å². The van der Waals surface area contributed by atoms with E-state index in [0.717, 1.165) is 5.56 Å². The Morgan fingerprint density at radius 2 is 2.23 bits per heavy atom. The molecule has 1 aromatic rings. The Kier molecular flexibility index (Phi) is 2.57. The molecule has 0 aliphatic carbocycles. The van der Waals surface area contributed by atoms with E-state index < -0.39 is 4.92 Å². The van der Waals surface area contributed by atoms with Crippen molar-refractivity contribution in [3.05, 3.63) is 33.1 Å². The fourth-order valence-electron chi connectivity index (χ4n) is 1.13. The van der Waals surface area contributed by atoms with Gasteiger partial charge in [-0.3, -0.25) is 10.1 Å². The van der Waals surface area contributed by atoms with Crippen LogP contribution in [0.15, 0.2) is 6.07 Å². The van der Waals surface area contributed by atoms with E-state index in [2.05, 4.69) is 4.98 Å². The molecule has 2 N–H and O–H groups in total. The Morgan fingerprint density at radius 3 is 2.69 bits per heavy atom. The molecule has 0 fully saturated rings. The maximum atomic E-state index is 10.5. The number of rotatable bonds is 2. The maximum absolute atomic E-state index is 10.5. The predicted molar refractivity (Wildman–Crippen MR) is 48.3 cm³/mol. The third-order valence-electron chi connectivity index (χ3n) is 1.87. The van der Waals surface area contributed by atoms with Gasteiger partial charge in [-0.25, -0.2) is 4.98 Å². The molecule has 0 amide bonds. The molecule has 5 heteroatoms. The second kappa shape index (κ2) is 3.49. The SMILES string of the molecule is Cc1cc([N+](=O)[O-])c(C)nc1CN. The van der Waals surface area contributed by atoms with Crippen LogP contribution < -0.4 is 5.73 Å². The summed E-state index contributed by atoms with van der Waals surface area (Å²) in [6.45, 7) is 3.68. The molecule has 1 rings (SSSR count). The Bertz CT molecular complexity index is 349. The first-order valence-corrected chi connectivity index (χ1v) is 3.88. The Labute approximate surface area is 75.7 Å². The van der Waals surface area contributed by atoms with Crippen LogP contribution in [0.2, 0.25) is 0 Å². The van der Waals surface area contributed by atoms with Gasteiger partial charge in [-0.05, 0) is 19.4 Å². The van der Waals surface area contributed by atoms with Gasteiger partial charge >= 0.3 is 0 Å². The van der Waals surface area contributed by atoms with Gasteiger partial charge < -0.3 is 5.73 Å². The second-order valence-electron chi connectivity index (χ2n) is 2.82. The number of aromatic nitrogens is 1. The van der Waals surface area contributed by atoms with E-state index in [1.54, 1.807) is 13.8 Å². The summed E-state index contributed by atoms with van der Waals surface area (Å²) in [5.74, 6) is 0. The summed E-state index contributed by atoms with van der Waals surface area (Å²) >= 11 is 0. The Balaban J connectivity index is 3.28. The second-order valence-corrected chi connectivity index (χ2v) is 2.82. The van der Waals surface area contributed by atoms with Crippen LogP contribution in [0.5, 0.6) is 0 Å². The van der Waals surface area contributed by atoms with Gasteiger partial charge in [0.1, 0.15) is 5.69 Å². The topological polar surface area (TPSA) is 82.0 Å². The van der Waals surface area contributed by atoms with Gasteiger partial charge in [0.05, 0.1) is 10.6 Å². The average Bonchev–Trinajstić information content (AvgIpc) is 2.07. The highest BCUT2D eigenvalue weighted by atomic mass is 16.6. The number of hydrogen-bond acceptors (Lipinski definition) is 4. The van der Waals surface area contributed by atoms with Crippen molar-refractivity contribution in [2.75, 3.05) is 0 Å². The van der Waals surface area contributed by atoms with Crippen LogP contribution in [0.4, 0.5) is 5.69 Å². The molecule has 0 aliphatic heterocycles. The van der Waals surface area contributed by atoms with Crippen molar-refractivity contribution in [2.24, 2.45) is 5.73 Å². The van der Waals surface area contributed by atoms with Crippen molar-refractivity contribution in [2.45, 2.75) is 20.4 Å². The summed E-state index contributed by atoms with van der Waals surface area (Å²) in [4.78, 5) is 14.1. The molecule has 70 valence electrons. The van der Waals surface area contributed by atoms with E-state index in [9.17, 15) is 10.1 Å². The molecule has 1 aromatic heterocycles. The normalized spacial score (nSPS) is 10.1. The van der Waals surface area contributed by atoms with Gasteiger partial charge in [0.15, 0.2) is 0 Å². The number of nitrogens with two attached hydrogens (primary N) is 1. The van der Waals surface area contributed by atoms with Gasteiger partial charge in [0, 0.05) is 12.6 Å². The fourth-order valence-corrected chi connectivity index (χ4v) is 1.13. The van der Waals surface area contributed by atoms with Crippen molar-refractivity contribution >= 4 is 5.69 Å². The minimum atomic E-state index is -0.435. The van der Waals surface area contributed by atoms with Crippen LogP contribution in [0.3, 0.4) is 0 Å². The zero-order chi connectivity index (χ0) is 10.0. The molecule has 0 aliphatic rings. The number of pyridine rings is 1. The average molecular weight is 181 g/mol. The molecule has 0 saturated heterocycles. The van der Waals surface area contributed by atoms with Crippen LogP contribution in [0.1, 0.15) is 17.0 Å². The van der Waals surface area contributed by atoms with Gasteiger partial charge in [-0.2, -0.15) is 0 Å². The number of aryl methyl sites for hydroxylation is 2. The lowest BCUT2D eigenvalue weighted by atomic mass is 10.2. The molecule has 0 radical (unpaired) electrons. The quantitative estimate of drug-likeness (QED) is 0.546. The number of nitro groups is 1. The first-order chi connectivity index (χ1) is 6.06. The first kappa shape index (κ1) is 9.60. The monoisotopic (exact) mass is 181 g/mol. The van der Waals surface area contributed by atoms with E-state index >= 15 is 0 Å². The van der Waals surface area contributed by atoms with Crippen molar-refractivity contribution in [3.63, 3.8) is 0 Å². The maximum Gasteiger partial charge on any atom is 0.290 e. The van der Waals surface area contributed by atoms with E-state index in [4.69, 9.17) is 5.73 Å². The summed E-state index contributed by atoms with van der Waals surface area (Å²) in [5, 5.41) is 10.5. The van der Waals surface area contributed by atoms with Crippen molar-refractivity contribution in [1.82, 2.24) is 4.98 Å². The summed E-state index contributed by atoms with van der Waals surface area (Å²) in [6, 6.07) is 1.50. The molecule has 0 unspecified atom stereocenters. The molecule has 0 aromatic carbocycles. The molecular formula is C8H11N3O2. The summed E-state index contributed by atoms with van der Waals surface area (Å²) < 4.78 is 0. The molecule has 5 nitrogen and oxygen atoms in total. The van der Waals surface area contributed by atoms with E-state index in [0.29, 0.717) is 17.9 Å². The van der Waals surface area contributed by atoms with Crippen LogP contribution in [0.25, 0.3) is 0 Å².